The van der Waals surface area contributed by atoms with Gasteiger partial charge in [-0.3, -0.25) is 9.59 Å². The van der Waals surface area contributed by atoms with Crippen molar-refractivity contribution in [3.05, 3.63) is 59.3 Å². The zero-order valence-electron chi connectivity index (χ0n) is 16.3. The molecule has 30 heavy (non-hydrogen) atoms. The van der Waals surface area contributed by atoms with Gasteiger partial charge in [0.05, 0.1) is 18.1 Å². The van der Waals surface area contributed by atoms with E-state index in [1.165, 1.54) is 6.26 Å². The molecular weight excluding hydrogens is 408 g/mol. The third-order valence-electron chi connectivity index (χ3n) is 5.67. The number of allylic oxidation sites excluding steroid dienone is 2. The topological polar surface area (TPSA) is 102 Å². The van der Waals surface area contributed by atoms with Crippen molar-refractivity contribution >= 4 is 29.2 Å². The fraction of sp³-hybridized carbons (Fsp3) is 0.409. The molecule has 2 saturated heterocycles. The second kappa shape index (κ2) is 9.02. The first-order valence-corrected chi connectivity index (χ1v) is 10.4. The number of carbonyl (C=O) groups is 2. The van der Waals surface area contributed by atoms with Crippen LogP contribution >= 0.6 is 11.6 Å². The summed E-state index contributed by atoms with van der Waals surface area (Å²) in [6, 6.07) is 6.84. The summed E-state index contributed by atoms with van der Waals surface area (Å²) in [6.07, 6.45) is 8.82. The summed E-state index contributed by atoms with van der Waals surface area (Å²) in [5, 5.41) is 12.1. The number of halogens is 1. The van der Waals surface area contributed by atoms with E-state index in [1.54, 1.807) is 24.3 Å². The number of amides is 1. The number of ether oxygens (including phenoxy) is 1. The van der Waals surface area contributed by atoms with E-state index in [-0.39, 0.29) is 42.1 Å². The van der Waals surface area contributed by atoms with Crippen molar-refractivity contribution in [2.24, 2.45) is 5.92 Å². The van der Waals surface area contributed by atoms with Crippen molar-refractivity contribution in [3.8, 4) is 0 Å². The molecule has 2 N–H and O–H groups in total. The number of nitrogens with one attached hydrogen (secondary N) is 1. The fourth-order valence-electron chi connectivity index (χ4n) is 4.27. The van der Waals surface area contributed by atoms with E-state index in [0.29, 0.717) is 23.0 Å². The van der Waals surface area contributed by atoms with Gasteiger partial charge in [0.1, 0.15) is 6.26 Å². The lowest BCUT2D eigenvalue weighted by atomic mass is 9.77. The fourth-order valence-corrected chi connectivity index (χ4v) is 4.39. The highest BCUT2D eigenvalue weighted by Crippen LogP contribution is 2.50. The van der Waals surface area contributed by atoms with Crippen molar-refractivity contribution in [3.63, 3.8) is 0 Å². The molecule has 0 radical (unpaired) electrons. The van der Waals surface area contributed by atoms with Gasteiger partial charge in [-0.15, -0.1) is 0 Å². The van der Waals surface area contributed by atoms with E-state index in [2.05, 4.69) is 10.3 Å². The van der Waals surface area contributed by atoms with Crippen molar-refractivity contribution < 1.29 is 23.8 Å². The van der Waals surface area contributed by atoms with Gasteiger partial charge >= 0.3 is 5.97 Å². The number of carboxylic acids is 1. The highest BCUT2D eigenvalue weighted by Gasteiger charge is 2.51. The molecule has 2 fully saturated rings. The van der Waals surface area contributed by atoms with Crippen LogP contribution in [0, 0.1) is 5.92 Å². The van der Waals surface area contributed by atoms with Gasteiger partial charge < -0.3 is 19.6 Å². The van der Waals surface area contributed by atoms with E-state index in [1.807, 2.05) is 12.2 Å². The smallest absolute Gasteiger partial charge is 0.303 e. The third-order valence-corrected chi connectivity index (χ3v) is 5.92. The Kier molecular flexibility index (Phi) is 6.20. The average molecular weight is 431 g/mol. The summed E-state index contributed by atoms with van der Waals surface area (Å²) in [7, 11) is 0. The van der Waals surface area contributed by atoms with Crippen molar-refractivity contribution in [2.45, 2.75) is 50.2 Å². The van der Waals surface area contributed by atoms with E-state index >= 15 is 0 Å². The van der Waals surface area contributed by atoms with Gasteiger partial charge in [0.15, 0.2) is 5.69 Å². The van der Waals surface area contributed by atoms with E-state index in [9.17, 15) is 9.59 Å². The Bertz CT molecular complexity index is 939. The second-order valence-corrected chi connectivity index (χ2v) is 8.09. The lowest BCUT2D eigenvalue weighted by molar-refractivity contribution is -0.136. The highest BCUT2D eigenvalue weighted by atomic mass is 35.5. The number of hydrogen-bond acceptors (Lipinski definition) is 5. The Morgan fingerprint density at radius 2 is 1.97 bits per heavy atom. The minimum Gasteiger partial charge on any atom is -0.481 e. The molecule has 2 bridgehead atoms. The maximum atomic E-state index is 12.5. The number of aliphatic carboxylic acids is 1. The van der Waals surface area contributed by atoms with Crippen LogP contribution in [0.3, 0.4) is 0 Å². The molecule has 2 aromatic rings. The molecule has 4 rings (SSSR count). The molecule has 158 valence electrons. The molecule has 0 spiro atoms. The van der Waals surface area contributed by atoms with Crippen LogP contribution in [-0.4, -0.2) is 34.2 Å². The van der Waals surface area contributed by atoms with Gasteiger partial charge in [0, 0.05) is 23.0 Å². The van der Waals surface area contributed by atoms with Crippen LogP contribution in [0.1, 0.15) is 54.4 Å². The molecule has 1 aromatic heterocycles. The first-order valence-electron chi connectivity index (χ1n) is 10.1. The molecule has 4 atom stereocenters. The molecule has 0 aliphatic carbocycles. The van der Waals surface area contributed by atoms with Crippen LogP contribution in [0.4, 0.5) is 5.69 Å². The van der Waals surface area contributed by atoms with Crippen LogP contribution in [-0.2, 0) is 9.53 Å². The van der Waals surface area contributed by atoms with Crippen LogP contribution in [0.25, 0.3) is 0 Å². The normalized spacial score (nSPS) is 25.1. The highest BCUT2D eigenvalue weighted by molar-refractivity contribution is 6.30. The Balaban J connectivity index is 1.42. The number of nitrogens with zero attached hydrogens (tertiary/aromatic N) is 1. The Hall–Kier alpha value is -2.64. The van der Waals surface area contributed by atoms with Gasteiger partial charge in [0.25, 0.3) is 5.91 Å². The number of carbonyl (C=O) groups excluding carboxylic acids is 1. The summed E-state index contributed by atoms with van der Waals surface area (Å²) in [5.74, 6) is -0.431. The number of oxazole rings is 1. The van der Waals surface area contributed by atoms with Gasteiger partial charge in [-0.05, 0) is 49.9 Å². The Labute approximate surface area is 179 Å². The number of hydrogen-bond donors (Lipinski definition) is 2. The number of benzene rings is 1. The Morgan fingerprint density at radius 3 is 2.73 bits per heavy atom. The van der Waals surface area contributed by atoms with E-state index in [0.717, 1.165) is 19.3 Å². The average Bonchev–Trinajstić information content (AvgIpc) is 3.45. The number of rotatable bonds is 8. The summed E-state index contributed by atoms with van der Waals surface area (Å²) in [5.41, 5.74) is 0.847. The standard InChI is InChI=1S/C22H23ClN2O5/c23-13-6-8-14(9-7-13)24-21(28)16-12-29-22(25-16)20-15(17-10-11-18(20)30-17)4-2-1-3-5-19(26)27/h1-2,6-9,12,15,17-18,20H,3-5,10-11H2,(H,24,28)(H,26,27)/t15-,17-,18+,20-/m0/s1. The van der Waals surface area contributed by atoms with Crippen molar-refractivity contribution in [2.75, 3.05) is 5.32 Å². The summed E-state index contributed by atoms with van der Waals surface area (Å²) in [4.78, 5) is 27.6. The largest absolute Gasteiger partial charge is 0.481 e. The molecule has 1 amide bonds. The molecule has 3 heterocycles. The number of anilines is 1. The lowest BCUT2D eigenvalue weighted by Gasteiger charge is -2.24. The Morgan fingerprint density at radius 1 is 1.20 bits per heavy atom. The lowest BCUT2D eigenvalue weighted by Crippen LogP contribution is -2.25. The number of aromatic nitrogens is 1. The van der Waals surface area contributed by atoms with Crippen LogP contribution in [0.2, 0.25) is 5.02 Å². The molecule has 7 nitrogen and oxygen atoms in total. The van der Waals surface area contributed by atoms with Crippen LogP contribution < -0.4 is 5.32 Å². The van der Waals surface area contributed by atoms with E-state index in [4.69, 9.17) is 25.9 Å². The second-order valence-electron chi connectivity index (χ2n) is 7.65. The van der Waals surface area contributed by atoms with Gasteiger partial charge in [0.2, 0.25) is 5.89 Å². The molecule has 0 unspecified atom stereocenters. The van der Waals surface area contributed by atoms with Crippen molar-refractivity contribution in [1.82, 2.24) is 4.98 Å². The number of carboxylic acid groups (broad SMARTS) is 1. The molecule has 0 saturated carbocycles. The van der Waals surface area contributed by atoms with Gasteiger partial charge in [-0.25, -0.2) is 4.98 Å². The third kappa shape index (κ3) is 4.57. The monoisotopic (exact) mass is 430 g/mol. The first-order chi connectivity index (χ1) is 14.5. The molecule has 2 aliphatic heterocycles. The maximum Gasteiger partial charge on any atom is 0.303 e. The maximum absolute atomic E-state index is 12.5. The predicted molar refractivity (Wildman–Crippen MR) is 111 cm³/mol. The molecule has 1 aromatic carbocycles. The first kappa shape index (κ1) is 20.6. The zero-order valence-corrected chi connectivity index (χ0v) is 17.0. The molecular formula is C22H23ClN2O5. The van der Waals surface area contributed by atoms with Crippen molar-refractivity contribution in [1.29, 1.82) is 0 Å². The minimum atomic E-state index is -0.801. The summed E-state index contributed by atoms with van der Waals surface area (Å²) in [6.45, 7) is 0. The van der Waals surface area contributed by atoms with Gasteiger partial charge in [-0.1, -0.05) is 23.8 Å². The SMILES string of the molecule is O=C(O)CCC=CC[C@@H]1[C@H](c2nc(C(=O)Nc3ccc(Cl)cc3)co2)[C@H]2CC[C@@H]1O2. The van der Waals surface area contributed by atoms with Crippen LogP contribution in [0.5, 0.6) is 0 Å². The van der Waals surface area contributed by atoms with Crippen LogP contribution in [0.15, 0.2) is 47.1 Å². The van der Waals surface area contributed by atoms with E-state index < -0.39 is 5.97 Å². The quantitative estimate of drug-likeness (QED) is 0.591. The molecule has 2 aliphatic rings. The summed E-state index contributed by atoms with van der Waals surface area (Å²) >= 11 is 5.87. The molecule has 8 heteroatoms. The number of fused-ring (bicyclic) bond motifs is 2. The minimum absolute atomic E-state index is 0.00930. The summed E-state index contributed by atoms with van der Waals surface area (Å²) < 4.78 is 11.8. The van der Waals surface area contributed by atoms with Gasteiger partial charge in [-0.2, -0.15) is 0 Å². The predicted octanol–water partition coefficient (Wildman–Crippen LogP) is 4.65. The zero-order chi connectivity index (χ0) is 21.1.